The molecule has 0 saturated heterocycles. The van der Waals surface area contributed by atoms with Crippen LogP contribution in [-0.2, 0) is 0 Å². The summed E-state index contributed by atoms with van der Waals surface area (Å²) < 4.78 is 0. The number of hydrogen-bond acceptors (Lipinski definition) is 2. The minimum atomic E-state index is 0.763. The van der Waals surface area contributed by atoms with Gasteiger partial charge in [-0.25, -0.2) is 0 Å². The second kappa shape index (κ2) is 9.68. The summed E-state index contributed by atoms with van der Waals surface area (Å²) in [5.41, 5.74) is 4.08. The first kappa shape index (κ1) is 18.1. The molecule has 27 heavy (non-hydrogen) atoms. The van der Waals surface area contributed by atoms with Crippen LogP contribution in [0.1, 0.15) is 0 Å². The van der Waals surface area contributed by atoms with Crippen LogP contribution in [0.25, 0.3) is 11.1 Å². The number of nitroso groups, excluding NO2 is 1. The maximum absolute atomic E-state index is 10.8. The van der Waals surface area contributed by atoms with Crippen LogP contribution in [-0.4, -0.2) is 0 Å². The van der Waals surface area contributed by atoms with Crippen molar-refractivity contribution in [2.45, 2.75) is 0 Å². The topological polar surface area (TPSA) is 32.7 Å². The predicted molar refractivity (Wildman–Crippen MR) is 113 cm³/mol. The quantitative estimate of drug-likeness (QED) is 0.297. The molecule has 0 heterocycles. The van der Waals surface area contributed by atoms with E-state index in [1.165, 1.54) is 16.1 Å². The Morgan fingerprint density at radius 3 is 1.04 bits per heavy atom. The number of anilines is 2. The Labute approximate surface area is 159 Å². The molecule has 0 N–H and O–H groups in total. The molecule has 3 heteroatoms. The van der Waals surface area contributed by atoms with Gasteiger partial charge in [0.2, 0.25) is 0 Å². The van der Waals surface area contributed by atoms with E-state index < -0.39 is 0 Å². The molecule has 0 aliphatic carbocycles. The zero-order valence-electron chi connectivity index (χ0n) is 14.8. The molecule has 0 spiro atoms. The van der Waals surface area contributed by atoms with Crippen LogP contribution < -0.4 is 5.01 Å². The molecule has 0 radical (unpaired) electrons. The normalized spacial score (nSPS) is 9.63. The highest BCUT2D eigenvalue weighted by Crippen LogP contribution is 2.24. The Kier molecular flexibility index (Phi) is 6.48. The molecular weight excluding hydrogens is 332 g/mol. The number of nitrogens with zero attached hydrogens (tertiary/aromatic N) is 2. The maximum atomic E-state index is 10.8. The third kappa shape index (κ3) is 5.13. The first-order chi connectivity index (χ1) is 13.4. The monoisotopic (exact) mass is 352 g/mol. The lowest BCUT2D eigenvalue weighted by Crippen LogP contribution is -2.06. The van der Waals surface area contributed by atoms with Gasteiger partial charge < -0.3 is 0 Å². The highest BCUT2D eigenvalue weighted by atomic mass is 16.3. The number of para-hydroxylation sites is 2. The predicted octanol–water partition coefficient (Wildman–Crippen LogP) is 6.86. The average Bonchev–Trinajstić information content (AvgIpc) is 2.78. The van der Waals surface area contributed by atoms with Crippen molar-refractivity contribution in [3.63, 3.8) is 0 Å². The lowest BCUT2D eigenvalue weighted by molar-refractivity contribution is 1.07. The zero-order valence-corrected chi connectivity index (χ0v) is 14.8. The SMILES string of the molecule is O=NN(c1ccccc1)c1ccccc1.c1ccc(-c2ccccc2)cc1. The van der Waals surface area contributed by atoms with Crippen molar-refractivity contribution in [1.82, 2.24) is 0 Å². The highest BCUT2D eigenvalue weighted by Gasteiger charge is 2.07. The smallest absolute Gasteiger partial charge is 0.0685 e. The molecule has 4 rings (SSSR count). The molecule has 0 saturated carbocycles. The third-order valence-electron chi connectivity index (χ3n) is 3.96. The molecule has 0 aromatic heterocycles. The van der Waals surface area contributed by atoms with Crippen LogP contribution in [0.2, 0.25) is 0 Å². The van der Waals surface area contributed by atoms with Crippen LogP contribution in [0.15, 0.2) is 127 Å². The molecule has 0 aliphatic rings. The summed E-state index contributed by atoms with van der Waals surface area (Å²) in [6, 6.07) is 39.4. The minimum absolute atomic E-state index is 0.763. The van der Waals surface area contributed by atoms with Gasteiger partial charge in [0.05, 0.1) is 16.7 Å². The van der Waals surface area contributed by atoms with E-state index in [9.17, 15) is 4.91 Å². The van der Waals surface area contributed by atoms with Crippen LogP contribution in [0.4, 0.5) is 11.4 Å². The van der Waals surface area contributed by atoms with Crippen molar-refractivity contribution in [3.8, 4) is 11.1 Å². The molecule has 4 aromatic carbocycles. The van der Waals surface area contributed by atoms with Crippen LogP contribution in [0.5, 0.6) is 0 Å². The Morgan fingerprint density at radius 2 is 0.741 bits per heavy atom. The van der Waals surface area contributed by atoms with Crippen LogP contribution >= 0.6 is 0 Å². The summed E-state index contributed by atoms with van der Waals surface area (Å²) in [7, 11) is 0. The molecule has 4 aromatic rings. The van der Waals surface area contributed by atoms with E-state index in [0.29, 0.717) is 0 Å². The summed E-state index contributed by atoms with van der Waals surface area (Å²) in [6.45, 7) is 0. The second-order valence-electron chi connectivity index (χ2n) is 5.80. The van der Waals surface area contributed by atoms with E-state index in [2.05, 4.69) is 53.8 Å². The van der Waals surface area contributed by atoms with Crippen molar-refractivity contribution in [1.29, 1.82) is 0 Å². The second-order valence-corrected chi connectivity index (χ2v) is 5.80. The molecule has 3 nitrogen and oxygen atoms in total. The molecule has 0 fully saturated rings. The molecule has 0 amide bonds. The van der Waals surface area contributed by atoms with Crippen molar-refractivity contribution in [2.24, 2.45) is 5.29 Å². The van der Waals surface area contributed by atoms with Gasteiger partial charge in [-0.1, -0.05) is 97.1 Å². The van der Waals surface area contributed by atoms with Gasteiger partial charge in [0.15, 0.2) is 0 Å². The first-order valence-corrected chi connectivity index (χ1v) is 8.72. The lowest BCUT2D eigenvalue weighted by atomic mass is 10.1. The number of hydrogen-bond donors (Lipinski definition) is 0. The Balaban J connectivity index is 0.000000159. The van der Waals surface area contributed by atoms with Gasteiger partial charge >= 0.3 is 0 Å². The Bertz CT molecular complexity index is 850. The van der Waals surface area contributed by atoms with Gasteiger partial charge in [-0.05, 0) is 35.4 Å². The minimum Gasteiger partial charge on any atom is -0.197 e. The fraction of sp³-hybridized carbons (Fsp3) is 0. The van der Waals surface area contributed by atoms with E-state index in [1.807, 2.05) is 72.8 Å². The van der Waals surface area contributed by atoms with Crippen molar-refractivity contribution in [2.75, 3.05) is 5.01 Å². The van der Waals surface area contributed by atoms with Crippen molar-refractivity contribution in [3.05, 3.63) is 126 Å². The molecule has 0 bridgehead atoms. The third-order valence-corrected chi connectivity index (χ3v) is 3.96. The maximum Gasteiger partial charge on any atom is 0.0685 e. The standard InChI is InChI=1S/C12H10N2O.C12H10/c15-13-14(11-7-3-1-4-8-11)12-9-5-2-6-10-12;1-3-7-11(8-4-1)12-9-5-2-6-10-12/h1-10H;1-10H. The average molecular weight is 352 g/mol. The summed E-state index contributed by atoms with van der Waals surface area (Å²) in [5, 5.41) is 4.37. The molecule has 0 atom stereocenters. The number of rotatable bonds is 4. The molecular formula is C24H20N2O. The fourth-order valence-electron chi connectivity index (χ4n) is 2.64. The summed E-state index contributed by atoms with van der Waals surface area (Å²) in [4.78, 5) is 10.8. The van der Waals surface area contributed by atoms with E-state index in [1.54, 1.807) is 0 Å². The van der Waals surface area contributed by atoms with Crippen molar-refractivity contribution >= 4 is 11.4 Å². The largest absolute Gasteiger partial charge is 0.197 e. The molecule has 132 valence electrons. The van der Waals surface area contributed by atoms with E-state index >= 15 is 0 Å². The van der Waals surface area contributed by atoms with E-state index in [0.717, 1.165) is 11.4 Å². The summed E-state index contributed by atoms with van der Waals surface area (Å²) >= 11 is 0. The highest BCUT2D eigenvalue weighted by molar-refractivity contribution is 5.63. The summed E-state index contributed by atoms with van der Waals surface area (Å²) in [6.07, 6.45) is 0. The van der Waals surface area contributed by atoms with Gasteiger partial charge in [-0.15, -0.1) is 4.91 Å². The Morgan fingerprint density at radius 1 is 0.444 bits per heavy atom. The van der Waals surface area contributed by atoms with Crippen molar-refractivity contribution < 1.29 is 0 Å². The zero-order chi connectivity index (χ0) is 18.7. The fourth-order valence-corrected chi connectivity index (χ4v) is 2.64. The van der Waals surface area contributed by atoms with Gasteiger partial charge in [0.25, 0.3) is 0 Å². The van der Waals surface area contributed by atoms with Gasteiger partial charge in [0, 0.05) is 0 Å². The van der Waals surface area contributed by atoms with Gasteiger partial charge in [-0.2, -0.15) is 5.01 Å². The van der Waals surface area contributed by atoms with Gasteiger partial charge in [0.1, 0.15) is 0 Å². The summed E-state index contributed by atoms with van der Waals surface area (Å²) in [5.74, 6) is 0. The van der Waals surface area contributed by atoms with E-state index in [-0.39, 0.29) is 0 Å². The first-order valence-electron chi connectivity index (χ1n) is 8.72. The molecule has 0 aliphatic heterocycles. The van der Waals surface area contributed by atoms with E-state index in [4.69, 9.17) is 0 Å². The Hall–Kier alpha value is -3.72. The van der Waals surface area contributed by atoms with Crippen LogP contribution in [0.3, 0.4) is 0 Å². The lowest BCUT2D eigenvalue weighted by Gasteiger charge is -2.14. The number of benzene rings is 4. The van der Waals surface area contributed by atoms with Crippen LogP contribution in [0, 0.1) is 4.91 Å². The molecule has 0 unspecified atom stereocenters. The van der Waals surface area contributed by atoms with Gasteiger partial charge in [-0.3, -0.25) is 0 Å².